The lowest BCUT2D eigenvalue weighted by atomic mass is 10.2. The molecule has 8 nitrogen and oxygen atoms in total. The minimum Gasteiger partial charge on any atom is -0.480 e. The lowest BCUT2D eigenvalue weighted by Crippen LogP contribution is -2.61. The van der Waals surface area contributed by atoms with E-state index in [1.54, 1.807) is 0 Å². The molecular formula is C11H17N3O5S. The molecule has 0 aromatic rings. The van der Waals surface area contributed by atoms with E-state index in [4.69, 9.17) is 10.5 Å². The molecule has 0 radical (unpaired) electrons. The predicted molar refractivity (Wildman–Crippen MR) is 71.4 cm³/mol. The molecule has 0 aromatic heterocycles. The number of hydrogen-bond donors (Lipinski definition) is 2. The molecule has 2 saturated heterocycles. The number of ether oxygens (including phenoxy) is 1. The van der Waals surface area contributed by atoms with E-state index in [1.165, 1.54) is 21.6 Å². The lowest BCUT2D eigenvalue weighted by Gasteiger charge is -2.40. The van der Waals surface area contributed by atoms with E-state index in [-0.39, 0.29) is 13.2 Å². The minimum absolute atomic E-state index is 0.0569. The second-order valence-electron chi connectivity index (χ2n) is 4.59. The van der Waals surface area contributed by atoms with Crippen molar-refractivity contribution in [3.05, 3.63) is 0 Å². The molecule has 2 heterocycles. The van der Waals surface area contributed by atoms with Gasteiger partial charge in [0.15, 0.2) is 0 Å². The molecule has 0 saturated carbocycles. The molecule has 0 aromatic carbocycles. The van der Waals surface area contributed by atoms with Gasteiger partial charge in [-0.1, -0.05) is 0 Å². The fourth-order valence-electron chi connectivity index (χ4n) is 2.27. The molecule has 0 bridgehead atoms. The van der Waals surface area contributed by atoms with Crippen molar-refractivity contribution in [2.75, 3.05) is 37.8 Å². The highest BCUT2D eigenvalue weighted by Gasteiger charge is 2.39. The third-order valence-electron chi connectivity index (χ3n) is 3.36. The summed E-state index contributed by atoms with van der Waals surface area (Å²) in [6, 6.07) is -2.15. The van der Waals surface area contributed by atoms with Crippen molar-refractivity contribution in [3.8, 4) is 0 Å². The number of thioether (sulfide) groups is 1. The summed E-state index contributed by atoms with van der Waals surface area (Å²) < 4.78 is 5.15. The Balaban J connectivity index is 2.14. The molecule has 3 amide bonds. The standard InChI is InChI=1S/C11H17N3O5S/c12-9(15)7-5-19-3-1-13(7)11(18)14-2-4-20-6-8(14)10(16)17/h7-8H,1-6H2,(H2,12,15)(H,16,17). The third kappa shape index (κ3) is 2.98. The van der Waals surface area contributed by atoms with Gasteiger partial charge in [0.05, 0.1) is 13.2 Å². The Morgan fingerprint density at radius 2 is 1.90 bits per heavy atom. The van der Waals surface area contributed by atoms with E-state index in [0.29, 0.717) is 24.7 Å². The Hall–Kier alpha value is -1.48. The Labute approximate surface area is 120 Å². The highest BCUT2D eigenvalue weighted by molar-refractivity contribution is 7.99. The molecule has 2 atom stereocenters. The number of rotatable bonds is 2. The van der Waals surface area contributed by atoms with E-state index < -0.39 is 30.0 Å². The smallest absolute Gasteiger partial charge is 0.327 e. The van der Waals surface area contributed by atoms with E-state index in [1.807, 2.05) is 0 Å². The van der Waals surface area contributed by atoms with E-state index in [0.717, 1.165) is 0 Å². The van der Waals surface area contributed by atoms with Crippen molar-refractivity contribution >= 4 is 29.7 Å². The second-order valence-corrected chi connectivity index (χ2v) is 5.74. The number of carboxylic acids is 1. The maximum Gasteiger partial charge on any atom is 0.327 e. The molecule has 2 fully saturated rings. The molecule has 3 N–H and O–H groups in total. The van der Waals surface area contributed by atoms with Crippen LogP contribution in [0.5, 0.6) is 0 Å². The van der Waals surface area contributed by atoms with Gasteiger partial charge in [-0.05, 0) is 0 Å². The molecule has 20 heavy (non-hydrogen) atoms. The van der Waals surface area contributed by atoms with E-state index in [2.05, 4.69) is 0 Å². The first-order chi connectivity index (χ1) is 9.52. The van der Waals surface area contributed by atoms with Crippen LogP contribution in [-0.2, 0) is 14.3 Å². The summed E-state index contributed by atoms with van der Waals surface area (Å²) in [5.41, 5.74) is 5.27. The van der Waals surface area contributed by atoms with E-state index >= 15 is 0 Å². The first-order valence-electron chi connectivity index (χ1n) is 6.27. The topological polar surface area (TPSA) is 113 Å². The molecule has 0 aliphatic carbocycles. The largest absolute Gasteiger partial charge is 0.480 e. The Morgan fingerprint density at radius 1 is 1.20 bits per heavy atom. The van der Waals surface area contributed by atoms with Crippen molar-refractivity contribution in [1.82, 2.24) is 9.80 Å². The van der Waals surface area contributed by atoms with Gasteiger partial charge in [-0.3, -0.25) is 4.79 Å². The fraction of sp³-hybridized carbons (Fsp3) is 0.727. The average Bonchev–Trinajstić information content (AvgIpc) is 2.46. The zero-order valence-electron chi connectivity index (χ0n) is 10.9. The summed E-state index contributed by atoms with van der Waals surface area (Å²) >= 11 is 1.50. The summed E-state index contributed by atoms with van der Waals surface area (Å²) in [6.07, 6.45) is 0. The first-order valence-corrected chi connectivity index (χ1v) is 7.42. The monoisotopic (exact) mass is 303 g/mol. The lowest BCUT2D eigenvalue weighted by molar-refractivity contribution is -0.141. The molecule has 2 rings (SSSR count). The zero-order valence-corrected chi connectivity index (χ0v) is 11.7. The van der Waals surface area contributed by atoms with Gasteiger partial charge in [0.25, 0.3) is 0 Å². The predicted octanol–water partition coefficient (Wildman–Crippen LogP) is -1.21. The van der Waals surface area contributed by atoms with Crippen LogP contribution in [0.25, 0.3) is 0 Å². The summed E-state index contributed by atoms with van der Waals surface area (Å²) in [5, 5.41) is 9.19. The van der Waals surface area contributed by atoms with Crippen LogP contribution in [0, 0.1) is 0 Å². The van der Waals surface area contributed by atoms with Gasteiger partial charge in [0.2, 0.25) is 5.91 Å². The summed E-state index contributed by atoms with van der Waals surface area (Å²) in [5.74, 6) is -0.640. The van der Waals surface area contributed by atoms with Gasteiger partial charge >= 0.3 is 12.0 Å². The van der Waals surface area contributed by atoms with Crippen molar-refractivity contribution in [3.63, 3.8) is 0 Å². The van der Waals surface area contributed by atoms with Gasteiger partial charge in [0.1, 0.15) is 12.1 Å². The number of urea groups is 1. The average molecular weight is 303 g/mol. The SMILES string of the molecule is NC(=O)C1COCCN1C(=O)N1CCSCC1C(=O)O. The Kier molecular flexibility index (Phi) is 4.71. The van der Waals surface area contributed by atoms with Crippen LogP contribution in [-0.4, -0.2) is 82.7 Å². The third-order valence-corrected chi connectivity index (χ3v) is 4.38. The van der Waals surface area contributed by atoms with Gasteiger partial charge < -0.3 is 25.4 Å². The molecule has 2 unspecified atom stereocenters. The molecule has 9 heteroatoms. The number of morpholine rings is 1. The van der Waals surface area contributed by atoms with Gasteiger partial charge in [-0.2, -0.15) is 11.8 Å². The van der Waals surface area contributed by atoms with E-state index in [9.17, 15) is 19.5 Å². The van der Waals surface area contributed by atoms with Crippen LogP contribution < -0.4 is 5.73 Å². The van der Waals surface area contributed by atoms with Crippen LogP contribution in [0.1, 0.15) is 0 Å². The molecular weight excluding hydrogens is 286 g/mol. The summed E-state index contributed by atoms with van der Waals surface area (Å²) in [7, 11) is 0. The van der Waals surface area contributed by atoms with Crippen molar-refractivity contribution in [2.24, 2.45) is 5.73 Å². The van der Waals surface area contributed by atoms with Crippen LogP contribution in [0.3, 0.4) is 0 Å². The highest BCUT2D eigenvalue weighted by Crippen LogP contribution is 2.20. The van der Waals surface area contributed by atoms with Gasteiger partial charge in [-0.25, -0.2) is 9.59 Å². The molecule has 0 spiro atoms. The normalized spacial score (nSPS) is 27.2. The van der Waals surface area contributed by atoms with Crippen molar-refractivity contribution in [2.45, 2.75) is 12.1 Å². The fourth-order valence-corrected chi connectivity index (χ4v) is 3.31. The number of nitrogens with zero attached hydrogens (tertiary/aromatic N) is 2. The summed E-state index contributed by atoms with van der Waals surface area (Å²) in [4.78, 5) is 37.7. The number of carbonyl (C=O) groups excluding carboxylic acids is 2. The minimum atomic E-state index is -1.03. The molecule has 112 valence electrons. The highest BCUT2D eigenvalue weighted by atomic mass is 32.2. The second kappa shape index (κ2) is 6.31. The Bertz CT molecular complexity index is 383. The van der Waals surface area contributed by atoms with Crippen LogP contribution in [0.15, 0.2) is 0 Å². The number of hydrogen-bond acceptors (Lipinski definition) is 5. The number of carboxylic acid groups (broad SMARTS) is 1. The van der Waals surface area contributed by atoms with Crippen LogP contribution in [0.4, 0.5) is 4.79 Å². The Morgan fingerprint density at radius 3 is 2.55 bits per heavy atom. The maximum atomic E-state index is 12.5. The first kappa shape index (κ1) is 14.9. The number of aliphatic carboxylic acids is 1. The van der Waals surface area contributed by atoms with Crippen LogP contribution >= 0.6 is 11.8 Å². The van der Waals surface area contributed by atoms with Gasteiger partial charge in [0, 0.05) is 24.6 Å². The number of primary amides is 1. The molecule has 2 aliphatic heterocycles. The summed E-state index contributed by atoms with van der Waals surface area (Å²) in [6.45, 7) is 0.961. The van der Waals surface area contributed by atoms with Crippen molar-refractivity contribution < 1.29 is 24.2 Å². The quantitative estimate of drug-likeness (QED) is 0.662. The van der Waals surface area contributed by atoms with Gasteiger partial charge in [-0.15, -0.1) is 0 Å². The molecule has 2 aliphatic rings. The number of amides is 3. The zero-order chi connectivity index (χ0) is 14.7. The maximum absolute atomic E-state index is 12.5. The number of nitrogens with two attached hydrogens (primary N) is 1. The van der Waals surface area contributed by atoms with Crippen LogP contribution in [0.2, 0.25) is 0 Å². The van der Waals surface area contributed by atoms with Crippen molar-refractivity contribution in [1.29, 1.82) is 0 Å². The number of carbonyl (C=O) groups is 3.